The van der Waals surface area contributed by atoms with Crippen molar-refractivity contribution in [1.29, 1.82) is 0 Å². The summed E-state index contributed by atoms with van der Waals surface area (Å²) in [6.07, 6.45) is -4.50. The molecule has 0 saturated heterocycles. The maximum Gasteiger partial charge on any atom is 0.416 e. The van der Waals surface area contributed by atoms with Gasteiger partial charge in [-0.25, -0.2) is 14.3 Å². The third-order valence-corrected chi connectivity index (χ3v) is 5.42. The van der Waals surface area contributed by atoms with Crippen molar-refractivity contribution in [3.63, 3.8) is 0 Å². The molecule has 0 fully saturated rings. The van der Waals surface area contributed by atoms with Gasteiger partial charge >= 0.3 is 17.9 Å². The van der Waals surface area contributed by atoms with Crippen LogP contribution in [0.15, 0.2) is 71.5 Å². The number of fused-ring (bicyclic) bond motifs is 1. The monoisotopic (exact) mass is 469 g/mol. The zero-order chi connectivity index (χ0) is 24.3. The van der Waals surface area contributed by atoms with Gasteiger partial charge in [0.15, 0.2) is 5.82 Å². The predicted molar refractivity (Wildman–Crippen MR) is 122 cm³/mol. The molecule has 176 valence electrons. The lowest BCUT2D eigenvalue weighted by Crippen LogP contribution is -2.38. The van der Waals surface area contributed by atoms with Gasteiger partial charge in [0.25, 0.3) is 0 Å². The molecule has 0 aliphatic heterocycles. The van der Waals surface area contributed by atoms with E-state index in [9.17, 15) is 22.8 Å². The second-order valence-electron chi connectivity index (χ2n) is 7.71. The second kappa shape index (κ2) is 9.42. The van der Waals surface area contributed by atoms with Crippen LogP contribution in [0.2, 0.25) is 0 Å². The molecule has 0 saturated carbocycles. The highest BCUT2D eigenvalue weighted by Gasteiger charge is 2.30. The summed E-state index contributed by atoms with van der Waals surface area (Å²) >= 11 is 0. The Labute approximate surface area is 192 Å². The summed E-state index contributed by atoms with van der Waals surface area (Å²) in [5, 5.41) is 11.7. The highest BCUT2D eigenvalue weighted by Crippen LogP contribution is 2.31. The Morgan fingerprint density at radius 1 is 1.00 bits per heavy atom. The van der Waals surface area contributed by atoms with E-state index in [0.717, 1.165) is 33.2 Å². The number of nitrogens with zero attached hydrogens (tertiary/aromatic N) is 3. The topological polar surface area (TPSA) is 81.0 Å². The Bertz CT molecular complexity index is 1390. The lowest BCUT2D eigenvalue weighted by molar-refractivity contribution is -0.137. The van der Waals surface area contributed by atoms with Crippen molar-refractivity contribution in [3.8, 4) is 11.4 Å². The minimum atomic E-state index is -4.50. The van der Waals surface area contributed by atoms with E-state index < -0.39 is 23.5 Å². The molecule has 34 heavy (non-hydrogen) atoms. The molecule has 0 radical (unpaired) electrons. The number of aromatic nitrogens is 3. The fraction of sp³-hybridized carbons (Fsp3) is 0.208. The van der Waals surface area contributed by atoms with E-state index in [2.05, 4.69) is 15.7 Å². The summed E-state index contributed by atoms with van der Waals surface area (Å²) in [7, 11) is 1.44. The number of amides is 2. The van der Waals surface area contributed by atoms with Gasteiger partial charge in [-0.15, -0.1) is 5.10 Å². The normalized spacial score (nSPS) is 11.5. The van der Waals surface area contributed by atoms with E-state index in [1.165, 1.54) is 23.7 Å². The average Bonchev–Trinajstić information content (AvgIpc) is 3.11. The molecule has 0 bridgehead atoms. The molecular weight excluding hydrogens is 447 g/mol. The second-order valence-corrected chi connectivity index (χ2v) is 7.71. The van der Waals surface area contributed by atoms with Crippen LogP contribution in [-0.2, 0) is 26.3 Å². The van der Waals surface area contributed by atoms with Crippen LogP contribution in [0.5, 0.6) is 0 Å². The molecule has 0 aliphatic carbocycles. The molecule has 4 aromatic rings. The zero-order valence-electron chi connectivity index (χ0n) is 18.3. The lowest BCUT2D eigenvalue weighted by Gasteiger charge is -2.09. The molecule has 1 heterocycles. The highest BCUT2D eigenvalue weighted by molar-refractivity contribution is 5.86. The van der Waals surface area contributed by atoms with Crippen LogP contribution in [0.1, 0.15) is 11.1 Å². The van der Waals surface area contributed by atoms with Gasteiger partial charge in [-0.05, 0) is 28.5 Å². The Kier molecular flexibility index (Phi) is 6.40. The number of carbonyl (C=O) groups is 1. The number of urea groups is 1. The maximum atomic E-state index is 13.0. The van der Waals surface area contributed by atoms with Gasteiger partial charge in [0.05, 0.1) is 12.1 Å². The summed E-state index contributed by atoms with van der Waals surface area (Å²) in [6, 6.07) is 17.9. The first-order chi connectivity index (χ1) is 16.2. The molecular formula is C24H22F3N5O2. The summed E-state index contributed by atoms with van der Waals surface area (Å²) in [6.45, 7) is 0.504. The highest BCUT2D eigenvalue weighted by atomic mass is 19.4. The van der Waals surface area contributed by atoms with Crippen molar-refractivity contribution in [1.82, 2.24) is 25.0 Å². The Morgan fingerprint density at radius 2 is 1.74 bits per heavy atom. The summed E-state index contributed by atoms with van der Waals surface area (Å²) in [5.74, 6) is 0.108. The number of halogens is 3. The Morgan fingerprint density at radius 3 is 2.53 bits per heavy atom. The summed E-state index contributed by atoms with van der Waals surface area (Å²) in [4.78, 5) is 24.7. The molecule has 4 rings (SSSR count). The van der Waals surface area contributed by atoms with Gasteiger partial charge in [-0.3, -0.25) is 4.57 Å². The SMILES string of the molecule is Cn1c(-c2cccc(C(F)(F)F)c2)nn(CCNC(=O)NCc2cccc3ccccc23)c1=O. The van der Waals surface area contributed by atoms with Crippen LogP contribution in [0.25, 0.3) is 22.2 Å². The lowest BCUT2D eigenvalue weighted by atomic mass is 10.0. The first-order valence-electron chi connectivity index (χ1n) is 10.5. The van der Waals surface area contributed by atoms with Gasteiger partial charge in [0.1, 0.15) is 0 Å². The van der Waals surface area contributed by atoms with Gasteiger partial charge in [-0.1, -0.05) is 54.6 Å². The van der Waals surface area contributed by atoms with E-state index in [1.807, 2.05) is 42.5 Å². The Balaban J connectivity index is 1.37. The fourth-order valence-electron chi connectivity index (χ4n) is 3.68. The number of carbonyl (C=O) groups excluding carboxylic acids is 1. The van der Waals surface area contributed by atoms with Crippen molar-refractivity contribution in [2.24, 2.45) is 7.05 Å². The van der Waals surface area contributed by atoms with Crippen LogP contribution < -0.4 is 16.3 Å². The van der Waals surface area contributed by atoms with E-state index in [-0.39, 0.29) is 24.5 Å². The van der Waals surface area contributed by atoms with Crippen molar-refractivity contribution in [2.45, 2.75) is 19.3 Å². The molecule has 0 aliphatic rings. The van der Waals surface area contributed by atoms with Crippen molar-refractivity contribution in [2.75, 3.05) is 6.54 Å². The number of rotatable bonds is 6. The predicted octanol–water partition coefficient (Wildman–Crippen LogP) is 3.92. The molecule has 2 N–H and O–H groups in total. The maximum absolute atomic E-state index is 13.0. The summed E-state index contributed by atoms with van der Waals surface area (Å²) in [5.41, 5.74) is -0.171. The molecule has 0 atom stereocenters. The van der Waals surface area contributed by atoms with Gasteiger partial charge in [-0.2, -0.15) is 13.2 Å². The smallest absolute Gasteiger partial charge is 0.336 e. The standard InChI is InChI=1S/C24H22F3N5O2/c1-31-21(17-8-5-10-19(14-17)24(25,26)27)30-32(23(31)34)13-12-28-22(33)29-15-18-9-4-7-16-6-2-3-11-20(16)18/h2-11,14H,12-13,15H2,1H3,(H2,28,29,33). The van der Waals surface area contributed by atoms with Gasteiger partial charge < -0.3 is 10.6 Å². The van der Waals surface area contributed by atoms with Crippen LogP contribution in [0.4, 0.5) is 18.0 Å². The molecule has 0 spiro atoms. The quantitative estimate of drug-likeness (QED) is 0.449. The third-order valence-electron chi connectivity index (χ3n) is 5.42. The minimum absolute atomic E-state index is 0.0628. The minimum Gasteiger partial charge on any atom is -0.336 e. The number of hydrogen-bond acceptors (Lipinski definition) is 3. The molecule has 10 heteroatoms. The van der Waals surface area contributed by atoms with E-state index in [1.54, 1.807) is 0 Å². The van der Waals surface area contributed by atoms with Gasteiger partial charge in [0, 0.05) is 25.7 Å². The number of alkyl halides is 3. The van der Waals surface area contributed by atoms with E-state index in [4.69, 9.17) is 0 Å². The van der Waals surface area contributed by atoms with E-state index in [0.29, 0.717) is 6.54 Å². The van der Waals surface area contributed by atoms with Crippen LogP contribution >= 0.6 is 0 Å². The molecule has 7 nitrogen and oxygen atoms in total. The first kappa shape index (κ1) is 23.1. The zero-order valence-corrected chi connectivity index (χ0v) is 18.3. The fourth-order valence-corrected chi connectivity index (χ4v) is 3.68. The average molecular weight is 469 g/mol. The first-order valence-corrected chi connectivity index (χ1v) is 10.5. The number of hydrogen-bond donors (Lipinski definition) is 2. The van der Waals surface area contributed by atoms with Crippen molar-refractivity contribution < 1.29 is 18.0 Å². The summed E-state index contributed by atoms with van der Waals surface area (Å²) < 4.78 is 41.3. The molecule has 0 unspecified atom stereocenters. The largest absolute Gasteiger partial charge is 0.416 e. The third kappa shape index (κ3) is 4.95. The van der Waals surface area contributed by atoms with Crippen molar-refractivity contribution in [3.05, 3.63) is 88.3 Å². The van der Waals surface area contributed by atoms with Crippen LogP contribution in [-0.4, -0.2) is 26.9 Å². The number of nitrogens with one attached hydrogen (secondary N) is 2. The van der Waals surface area contributed by atoms with Gasteiger partial charge in [0.2, 0.25) is 0 Å². The van der Waals surface area contributed by atoms with Crippen molar-refractivity contribution >= 4 is 16.8 Å². The molecule has 3 aromatic carbocycles. The number of benzene rings is 3. The van der Waals surface area contributed by atoms with E-state index >= 15 is 0 Å². The van der Waals surface area contributed by atoms with Crippen LogP contribution in [0, 0.1) is 0 Å². The molecule has 2 amide bonds. The molecule has 1 aromatic heterocycles. The Hall–Kier alpha value is -4.08. The van der Waals surface area contributed by atoms with Crippen LogP contribution in [0.3, 0.4) is 0 Å².